The van der Waals surface area contributed by atoms with Crippen LogP contribution in [0.4, 0.5) is 0 Å². The summed E-state index contributed by atoms with van der Waals surface area (Å²) < 4.78 is 21.9. The van der Waals surface area contributed by atoms with Crippen molar-refractivity contribution in [3.63, 3.8) is 0 Å². The highest BCUT2D eigenvalue weighted by Gasteiger charge is 2.12. The lowest BCUT2D eigenvalue weighted by Gasteiger charge is -2.11. The highest BCUT2D eigenvalue weighted by Crippen LogP contribution is 2.19. The maximum absolute atomic E-state index is 10.9. The maximum atomic E-state index is 10.9. The average Bonchev–Trinajstić information content (AvgIpc) is 2.15. The molecule has 0 amide bonds. The van der Waals surface area contributed by atoms with Gasteiger partial charge in [-0.25, -0.2) is 13.6 Å². The Labute approximate surface area is 95.2 Å². The molecule has 1 aromatic carbocycles. The molecule has 0 spiro atoms. The van der Waals surface area contributed by atoms with E-state index in [9.17, 15) is 13.5 Å². The minimum absolute atomic E-state index is 0. The van der Waals surface area contributed by atoms with Crippen molar-refractivity contribution in [3.05, 3.63) is 48.0 Å². The van der Waals surface area contributed by atoms with Gasteiger partial charge in [0.05, 0.1) is 11.9 Å². The standard InChI is InChI=1S/C10H13NO3S.N/c1-2-10(12)9-6-4-3-5-8(9)7-15(11,13)14;/h2-6,10,12H,1,7H2,(H2,11,13,14);. The van der Waals surface area contributed by atoms with Crippen molar-refractivity contribution >= 4 is 10.0 Å². The molecule has 6 heteroatoms. The molecule has 3 radical (unpaired) electrons. The number of benzene rings is 1. The van der Waals surface area contributed by atoms with Gasteiger partial charge in [0.25, 0.3) is 0 Å². The molecule has 87 valence electrons. The molecule has 0 saturated heterocycles. The Hall–Kier alpha value is -1.21. The van der Waals surface area contributed by atoms with E-state index >= 15 is 0 Å². The summed E-state index contributed by atoms with van der Waals surface area (Å²) in [5, 5.41) is 14.5. The van der Waals surface area contributed by atoms with Crippen molar-refractivity contribution in [2.75, 3.05) is 0 Å². The molecule has 0 saturated carbocycles. The van der Waals surface area contributed by atoms with Crippen molar-refractivity contribution in [3.8, 4) is 0 Å². The maximum Gasteiger partial charge on any atom is 0.213 e. The monoisotopic (exact) mass is 241 g/mol. The summed E-state index contributed by atoms with van der Waals surface area (Å²) in [6, 6.07) is 6.67. The van der Waals surface area contributed by atoms with Crippen molar-refractivity contribution in [1.29, 1.82) is 0 Å². The minimum atomic E-state index is -3.59. The van der Waals surface area contributed by atoms with Crippen LogP contribution in [0.25, 0.3) is 0 Å². The fourth-order valence-electron chi connectivity index (χ4n) is 1.30. The van der Waals surface area contributed by atoms with Crippen LogP contribution in [0.1, 0.15) is 17.2 Å². The summed E-state index contributed by atoms with van der Waals surface area (Å²) >= 11 is 0. The predicted octanol–water partition coefficient (Wildman–Crippen LogP) is 0.214. The molecule has 0 aliphatic carbocycles. The third-order valence-electron chi connectivity index (χ3n) is 1.95. The quantitative estimate of drug-likeness (QED) is 0.735. The number of nitrogens with zero attached hydrogens (tertiary/aromatic N) is 1. The van der Waals surface area contributed by atoms with E-state index in [4.69, 9.17) is 5.14 Å². The molecule has 0 bridgehead atoms. The topological polar surface area (TPSA) is 111 Å². The van der Waals surface area contributed by atoms with E-state index in [0.717, 1.165) is 0 Å². The molecular formula is C10H13N2O3S. The van der Waals surface area contributed by atoms with Gasteiger partial charge in [0.2, 0.25) is 10.0 Å². The molecule has 16 heavy (non-hydrogen) atoms. The van der Waals surface area contributed by atoms with Crippen LogP contribution >= 0.6 is 0 Å². The van der Waals surface area contributed by atoms with Crippen LogP contribution in [0, 0.1) is 0 Å². The first-order valence-corrected chi connectivity index (χ1v) is 6.04. The third kappa shape index (κ3) is 4.11. The summed E-state index contributed by atoms with van der Waals surface area (Å²) in [6.07, 6.45) is 0.463. The number of hydrogen-bond acceptors (Lipinski definition) is 3. The van der Waals surface area contributed by atoms with Gasteiger partial charge in [-0.3, -0.25) is 0 Å². The first-order valence-electron chi connectivity index (χ1n) is 4.33. The molecule has 1 unspecified atom stereocenters. The Bertz CT molecular complexity index is 457. The van der Waals surface area contributed by atoms with Crippen LogP contribution in [0.2, 0.25) is 0 Å². The van der Waals surface area contributed by atoms with E-state index in [1.54, 1.807) is 24.3 Å². The molecule has 1 rings (SSSR count). The molecule has 0 aliphatic rings. The Morgan fingerprint density at radius 1 is 1.44 bits per heavy atom. The van der Waals surface area contributed by atoms with Crippen LogP contribution < -0.4 is 11.3 Å². The number of aliphatic hydroxyl groups is 1. The lowest BCUT2D eigenvalue weighted by molar-refractivity contribution is 0.228. The highest BCUT2D eigenvalue weighted by molar-refractivity contribution is 7.88. The van der Waals surface area contributed by atoms with Crippen LogP contribution in [-0.2, 0) is 15.8 Å². The Morgan fingerprint density at radius 2 is 2.00 bits per heavy atom. The van der Waals surface area contributed by atoms with Crippen LogP contribution in [0.3, 0.4) is 0 Å². The van der Waals surface area contributed by atoms with E-state index in [1.807, 2.05) is 0 Å². The summed E-state index contributed by atoms with van der Waals surface area (Å²) in [5.74, 6) is -0.284. The first-order chi connectivity index (χ1) is 6.94. The fourth-order valence-corrected chi connectivity index (χ4v) is 1.99. The molecular weight excluding hydrogens is 228 g/mol. The van der Waals surface area contributed by atoms with E-state index < -0.39 is 16.1 Å². The molecule has 1 atom stereocenters. The summed E-state index contributed by atoms with van der Waals surface area (Å²) in [7, 11) is -3.59. The molecule has 0 aromatic heterocycles. The molecule has 3 N–H and O–H groups in total. The fraction of sp³-hybridized carbons (Fsp3) is 0.200. The van der Waals surface area contributed by atoms with E-state index in [2.05, 4.69) is 6.58 Å². The molecule has 0 aliphatic heterocycles. The van der Waals surface area contributed by atoms with Crippen molar-refractivity contribution in [1.82, 2.24) is 6.15 Å². The van der Waals surface area contributed by atoms with Gasteiger partial charge in [-0.15, -0.1) is 6.58 Å². The molecule has 0 heterocycles. The third-order valence-corrected chi connectivity index (χ3v) is 2.67. The number of sulfonamides is 1. The van der Waals surface area contributed by atoms with Crippen LogP contribution in [-0.4, -0.2) is 13.5 Å². The van der Waals surface area contributed by atoms with Gasteiger partial charge in [-0.05, 0) is 11.1 Å². The molecule has 5 nitrogen and oxygen atoms in total. The smallest absolute Gasteiger partial charge is 0.213 e. The number of aliphatic hydroxyl groups excluding tert-OH is 1. The van der Waals surface area contributed by atoms with Gasteiger partial charge in [-0.2, -0.15) is 0 Å². The normalized spacial score (nSPS) is 12.6. The molecule has 0 fully saturated rings. The Kier molecular flexibility index (Phi) is 5.32. The molecule has 1 aromatic rings. The predicted molar refractivity (Wildman–Crippen MR) is 60.5 cm³/mol. The number of hydrogen-bond donors (Lipinski definition) is 2. The first kappa shape index (κ1) is 14.8. The SMILES string of the molecule is C=CC(O)c1ccccc1CS(N)(=O)=O.[N]. The zero-order valence-corrected chi connectivity index (χ0v) is 9.39. The number of nitrogens with two attached hydrogens (primary N) is 1. The van der Waals surface area contributed by atoms with Crippen molar-refractivity contribution in [2.45, 2.75) is 11.9 Å². The zero-order chi connectivity index (χ0) is 11.5. The highest BCUT2D eigenvalue weighted by atomic mass is 32.2. The number of primary sulfonamides is 1. The summed E-state index contributed by atoms with van der Waals surface area (Å²) in [6.45, 7) is 3.44. The number of rotatable bonds is 4. The lowest BCUT2D eigenvalue weighted by Crippen LogP contribution is -2.16. The summed E-state index contributed by atoms with van der Waals surface area (Å²) in [4.78, 5) is 0. The van der Waals surface area contributed by atoms with Crippen LogP contribution in [0.15, 0.2) is 36.9 Å². The second-order valence-corrected chi connectivity index (χ2v) is 4.80. The van der Waals surface area contributed by atoms with Gasteiger partial charge in [0.1, 0.15) is 0 Å². The average molecular weight is 241 g/mol. The Morgan fingerprint density at radius 3 is 2.50 bits per heavy atom. The van der Waals surface area contributed by atoms with Gasteiger partial charge in [-0.1, -0.05) is 30.3 Å². The largest absolute Gasteiger partial charge is 0.384 e. The van der Waals surface area contributed by atoms with Gasteiger partial charge < -0.3 is 5.11 Å². The van der Waals surface area contributed by atoms with Crippen LogP contribution in [0.5, 0.6) is 0 Å². The van der Waals surface area contributed by atoms with Gasteiger partial charge >= 0.3 is 0 Å². The van der Waals surface area contributed by atoms with Gasteiger partial charge in [0, 0.05) is 6.15 Å². The lowest BCUT2D eigenvalue weighted by atomic mass is 10.0. The van der Waals surface area contributed by atoms with E-state index in [0.29, 0.717) is 11.1 Å². The Balaban J connectivity index is 0.00000225. The van der Waals surface area contributed by atoms with Gasteiger partial charge in [0.15, 0.2) is 0 Å². The second-order valence-electron chi connectivity index (χ2n) is 3.19. The van der Waals surface area contributed by atoms with E-state index in [-0.39, 0.29) is 11.9 Å². The van der Waals surface area contributed by atoms with Crippen molar-refractivity contribution < 1.29 is 13.5 Å². The van der Waals surface area contributed by atoms with E-state index in [1.165, 1.54) is 6.08 Å². The van der Waals surface area contributed by atoms with Crippen molar-refractivity contribution in [2.24, 2.45) is 5.14 Å². The minimum Gasteiger partial charge on any atom is -0.384 e. The zero-order valence-electron chi connectivity index (χ0n) is 8.57. The second kappa shape index (κ2) is 5.76. The summed E-state index contributed by atoms with van der Waals surface area (Å²) in [5.41, 5.74) is 1.01.